The Kier molecular flexibility index (Phi) is 3.01. The van der Waals surface area contributed by atoms with Crippen molar-refractivity contribution in [1.82, 2.24) is 0 Å². The van der Waals surface area contributed by atoms with Gasteiger partial charge in [0.2, 0.25) is 0 Å². The predicted molar refractivity (Wildman–Crippen MR) is 37.9 cm³/mol. The number of hydrogen-bond acceptors (Lipinski definition) is 4. The maximum atomic E-state index is 10.7. The molecule has 0 spiro atoms. The Bertz CT molecular complexity index is 242. The molecule has 0 fully saturated rings. The summed E-state index contributed by atoms with van der Waals surface area (Å²) in [4.78, 5) is 10.1. The summed E-state index contributed by atoms with van der Waals surface area (Å²) in [5, 5.41) is 15.7. The summed E-state index contributed by atoms with van der Waals surface area (Å²) in [7, 11) is -3.48. The number of carboxylic acid groups (broad SMARTS) is 1. The fourth-order valence-corrected chi connectivity index (χ4v) is 1.02. The average Bonchev–Trinajstić information content (AvgIpc) is 1.82. The Morgan fingerprint density at radius 3 is 1.91 bits per heavy atom. The number of rotatable bonds is 3. The Balaban J connectivity index is 4.51. The van der Waals surface area contributed by atoms with Gasteiger partial charge in [0, 0.05) is 6.26 Å². The molecule has 2 N–H and O–H groups in total. The van der Waals surface area contributed by atoms with Crippen LogP contribution in [0.15, 0.2) is 0 Å². The summed E-state index contributed by atoms with van der Waals surface area (Å²) in [6, 6.07) is 0. The van der Waals surface area contributed by atoms with Crippen LogP contribution in [0.25, 0.3) is 0 Å². The van der Waals surface area contributed by atoms with E-state index in [-0.39, 0.29) is 0 Å². The molecule has 0 aromatic heterocycles. The summed E-state index contributed by atoms with van der Waals surface area (Å²) in [6.07, 6.45) is -0.964. The van der Waals surface area contributed by atoms with Gasteiger partial charge in [-0.1, -0.05) is 0 Å². The molecule has 0 aromatic carbocycles. The van der Waals surface area contributed by atoms with E-state index in [1.54, 1.807) is 0 Å². The van der Waals surface area contributed by atoms with Gasteiger partial charge < -0.3 is 10.2 Å². The molecule has 0 radical (unpaired) electrons. The molecule has 0 saturated carbocycles. The zero-order chi connectivity index (χ0) is 9.23. The number of hydrogen-bond donors (Lipinski definition) is 2. The topological polar surface area (TPSA) is 91.7 Å². The molecule has 0 aliphatic heterocycles. The van der Waals surface area contributed by atoms with Crippen molar-refractivity contribution in [2.75, 3.05) is 6.26 Å². The van der Waals surface area contributed by atoms with Gasteiger partial charge >= 0.3 is 5.97 Å². The minimum atomic E-state index is -3.48. The zero-order valence-electron chi connectivity index (χ0n) is 6.18. The Labute approximate surface area is 64.6 Å². The van der Waals surface area contributed by atoms with Gasteiger partial charge in [-0.15, -0.1) is 0 Å². The molecule has 6 heteroatoms. The lowest BCUT2D eigenvalue weighted by molar-refractivity contribution is -0.146. The number of aliphatic hydroxyl groups is 1. The largest absolute Gasteiger partial charge is 0.479 e. The minimum absolute atomic E-state index is 0.879. The number of carbonyl (C=O) groups is 1. The van der Waals surface area contributed by atoms with Crippen molar-refractivity contribution in [3.05, 3.63) is 0 Å². The number of sulfone groups is 1. The molecule has 0 aliphatic carbocycles. The van der Waals surface area contributed by atoms with Crippen LogP contribution in [0.5, 0.6) is 0 Å². The maximum absolute atomic E-state index is 10.7. The van der Waals surface area contributed by atoms with Crippen LogP contribution in [-0.4, -0.2) is 42.2 Å². The van der Waals surface area contributed by atoms with Crippen molar-refractivity contribution in [3.8, 4) is 0 Å². The van der Waals surface area contributed by atoms with Crippen molar-refractivity contribution in [2.24, 2.45) is 0 Å². The molecule has 2 unspecified atom stereocenters. The van der Waals surface area contributed by atoms with Crippen molar-refractivity contribution in [1.29, 1.82) is 0 Å². The molecule has 0 aliphatic rings. The summed E-state index contributed by atoms with van der Waals surface area (Å²) in [5.41, 5.74) is 0. The third-order valence-electron chi connectivity index (χ3n) is 1.37. The van der Waals surface area contributed by atoms with Gasteiger partial charge in [0.1, 0.15) is 0 Å². The summed E-state index contributed by atoms with van der Waals surface area (Å²) >= 11 is 0. The highest BCUT2D eigenvalue weighted by Crippen LogP contribution is 2.03. The molecule has 0 rings (SSSR count). The quantitative estimate of drug-likeness (QED) is 0.576. The van der Waals surface area contributed by atoms with E-state index >= 15 is 0 Å². The molecule has 5 nitrogen and oxygen atoms in total. The van der Waals surface area contributed by atoms with E-state index in [1.165, 1.54) is 0 Å². The Hall–Kier alpha value is -0.620. The van der Waals surface area contributed by atoms with Crippen LogP contribution in [0.3, 0.4) is 0 Å². The second-order valence-corrected chi connectivity index (χ2v) is 4.72. The first-order valence-electron chi connectivity index (χ1n) is 2.86. The van der Waals surface area contributed by atoms with Gasteiger partial charge in [0.15, 0.2) is 15.9 Å². The highest BCUT2D eigenvalue weighted by molar-refractivity contribution is 7.91. The second kappa shape index (κ2) is 3.19. The van der Waals surface area contributed by atoms with Crippen LogP contribution in [0.1, 0.15) is 6.92 Å². The van der Waals surface area contributed by atoms with Gasteiger partial charge in [-0.2, -0.15) is 0 Å². The van der Waals surface area contributed by atoms with E-state index in [0.717, 1.165) is 13.2 Å². The molecule has 0 bridgehead atoms. The maximum Gasteiger partial charge on any atom is 0.333 e. The van der Waals surface area contributed by atoms with Crippen LogP contribution in [0, 0.1) is 0 Å². The highest BCUT2D eigenvalue weighted by Gasteiger charge is 2.29. The lowest BCUT2D eigenvalue weighted by Crippen LogP contribution is -2.36. The minimum Gasteiger partial charge on any atom is -0.479 e. The second-order valence-electron chi connectivity index (χ2n) is 2.32. The molecular formula is C5H10O5S. The van der Waals surface area contributed by atoms with Gasteiger partial charge in [-0.25, -0.2) is 13.2 Å². The van der Waals surface area contributed by atoms with E-state index < -0.39 is 27.2 Å². The van der Waals surface area contributed by atoms with E-state index in [4.69, 9.17) is 10.2 Å². The van der Waals surface area contributed by atoms with Crippen molar-refractivity contribution in [3.63, 3.8) is 0 Å². The molecule has 0 saturated heterocycles. The van der Waals surface area contributed by atoms with E-state index in [1.807, 2.05) is 0 Å². The lowest BCUT2D eigenvalue weighted by atomic mass is 10.3. The van der Waals surface area contributed by atoms with E-state index in [0.29, 0.717) is 0 Å². The molecule has 0 amide bonds. The van der Waals surface area contributed by atoms with Crippen molar-refractivity contribution >= 4 is 15.8 Å². The van der Waals surface area contributed by atoms with Gasteiger partial charge in [0.05, 0.1) is 5.25 Å². The Morgan fingerprint density at radius 1 is 1.45 bits per heavy atom. The summed E-state index contributed by atoms with van der Waals surface area (Å²) in [5.74, 6) is -1.53. The zero-order valence-corrected chi connectivity index (χ0v) is 7.00. The molecule has 66 valence electrons. The summed E-state index contributed by atoms with van der Waals surface area (Å²) < 4.78 is 21.3. The molecule has 11 heavy (non-hydrogen) atoms. The molecule has 0 aromatic rings. The number of carboxylic acids is 1. The molecule has 2 atom stereocenters. The first kappa shape index (κ1) is 10.4. The summed E-state index contributed by atoms with van der Waals surface area (Å²) in [6.45, 7) is 1.15. The first-order chi connectivity index (χ1) is 4.76. The van der Waals surface area contributed by atoms with Crippen LogP contribution >= 0.6 is 0 Å². The fourth-order valence-electron chi connectivity index (χ4n) is 0.435. The third kappa shape index (κ3) is 2.85. The van der Waals surface area contributed by atoms with Crippen molar-refractivity contribution in [2.45, 2.75) is 18.3 Å². The molecular weight excluding hydrogens is 172 g/mol. The van der Waals surface area contributed by atoms with Gasteiger partial charge in [-0.05, 0) is 6.92 Å². The monoisotopic (exact) mass is 182 g/mol. The van der Waals surface area contributed by atoms with Crippen LogP contribution < -0.4 is 0 Å². The molecule has 0 heterocycles. The van der Waals surface area contributed by atoms with Crippen LogP contribution in [0.2, 0.25) is 0 Å². The van der Waals surface area contributed by atoms with Crippen molar-refractivity contribution < 1.29 is 23.4 Å². The first-order valence-corrected chi connectivity index (χ1v) is 4.82. The normalized spacial score (nSPS) is 17.4. The standard InChI is InChI=1S/C5H10O5S/c1-3(11(2,9)10)4(6)5(7)8/h3-4,6H,1-2H3,(H,7,8). The average molecular weight is 182 g/mol. The lowest BCUT2D eigenvalue weighted by Gasteiger charge is -2.11. The van der Waals surface area contributed by atoms with E-state index in [2.05, 4.69) is 0 Å². The predicted octanol–water partition coefficient (Wildman–Crippen LogP) is -1.14. The third-order valence-corrected chi connectivity index (χ3v) is 2.98. The van der Waals surface area contributed by atoms with Gasteiger partial charge in [0.25, 0.3) is 0 Å². The SMILES string of the molecule is CC(C(O)C(=O)O)S(C)(=O)=O. The van der Waals surface area contributed by atoms with Crippen LogP contribution in [0.4, 0.5) is 0 Å². The Morgan fingerprint density at radius 2 is 1.82 bits per heavy atom. The van der Waals surface area contributed by atoms with Gasteiger partial charge in [-0.3, -0.25) is 0 Å². The smallest absolute Gasteiger partial charge is 0.333 e. The highest BCUT2D eigenvalue weighted by atomic mass is 32.2. The number of aliphatic hydroxyl groups excluding tert-OH is 1. The van der Waals surface area contributed by atoms with Crippen LogP contribution in [-0.2, 0) is 14.6 Å². The van der Waals surface area contributed by atoms with E-state index in [9.17, 15) is 13.2 Å². The fraction of sp³-hybridized carbons (Fsp3) is 0.800. The number of aliphatic carboxylic acids is 1.